The number of hydrogen-bond donors (Lipinski definition) is 1. The summed E-state index contributed by atoms with van der Waals surface area (Å²) in [5.41, 5.74) is 2.51. The third-order valence-electron chi connectivity index (χ3n) is 5.17. The van der Waals surface area contributed by atoms with Gasteiger partial charge in [0, 0.05) is 39.5 Å². The van der Waals surface area contributed by atoms with E-state index in [0.717, 1.165) is 43.5 Å². The van der Waals surface area contributed by atoms with Crippen LogP contribution in [0.1, 0.15) is 31.0 Å². The topological polar surface area (TPSA) is 70.6 Å². The molecule has 1 aromatic carbocycles. The zero-order valence-electron chi connectivity index (χ0n) is 16.2. The Hall–Kier alpha value is -2.45. The monoisotopic (exact) mass is 399 g/mol. The summed E-state index contributed by atoms with van der Waals surface area (Å²) in [6.07, 6.45) is 3.25. The van der Waals surface area contributed by atoms with Gasteiger partial charge in [-0.05, 0) is 24.1 Å². The van der Waals surface area contributed by atoms with Gasteiger partial charge < -0.3 is 15.0 Å². The van der Waals surface area contributed by atoms with Crippen molar-refractivity contribution in [2.45, 2.75) is 32.4 Å². The lowest BCUT2D eigenvalue weighted by Crippen LogP contribution is -2.47. The van der Waals surface area contributed by atoms with Crippen LogP contribution in [-0.4, -0.2) is 53.3 Å². The molecule has 2 atom stereocenters. The van der Waals surface area contributed by atoms with E-state index in [1.54, 1.807) is 0 Å². The Morgan fingerprint density at radius 3 is 2.86 bits per heavy atom. The van der Waals surface area contributed by atoms with E-state index >= 15 is 0 Å². The summed E-state index contributed by atoms with van der Waals surface area (Å²) in [4.78, 5) is 15.8. The van der Waals surface area contributed by atoms with E-state index in [9.17, 15) is 4.79 Å². The molecule has 1 saturated heterocycles. The number of hydrogen-bond acceptors (Lipinski definition) is 7. The van der Waals surface area contributed by atoms with Gasteiger partial charge >= 0.3 is 0 Å². The Morgan fingerprint density at radius 2 is 2.14 bits per heavy atom. The van der Waals surface area contributed by atoms with Crippen LogP contribution in [0.4, 0.5) is 10.3 Å². The number of carbonyl (C=O) groups is 1. The largest absolute Gasteiger partial charge is 0.490 e. The van der Waals surface area contributed by atoms with Gasteiger partial charge in [-0.3, -0.25) is 9.69 Å². The summed E-state index contributed by atoms with van der Waals surface area (Å²) in [5.74, 6) is 0.879. The second-order valence-corrected chi connectivity index (χ2v) is 8.23. The van der Waals surface area contributed by atoms with Gasteiger partial charge in [-0.25, -0.2) is 0 Å². The molecule has 1 aromatic heterocycles. The molecule has 8 heteroatoms. The van der Waals surface area contributed by atoms with Crippen LogP contribution in [0.25, 0.3) is 0 Å². The molecule has 1 unspecified atom stereocenters. The lowest BCUT2D eigenvalue weighted by Gasteiger charge is -2.38. The summed E-state index contributed by atoms with van der Waals surface area (Å²) < 4.78 is 5.93. The molecule has 0 aliphatic carbocycles. The molecular weight excluding hydrogens is 374 g/mol. The molecule has 0 radical (unpaired) electrons. The highest BCUT2D eigenvalue weighted by atomic mass is 32.1. The maximum atomic E-state index is 11.2. The predicted molar refractivity (Wildman–Crippen MR) is 111 cm³/mol. The molecule has 1 fully saturated rings. The first-order chi connectivity index (χ1) is 13.5. The highest BCUT2D eigenvalue weighted by Crippen LogP contribution is 2.34. The van der Waals surface area contributed by atoms with Crippen molar-refractivity contribution >= 4 is 27.5 Å². The van der Waals surface area contributed by atoms with Gasteiger partial charge in [-0.1, -0.05) is 29.5 Å². The normalized spacial score (nSPS) is 20.4. The lowest BCUT2D eigenvalue weighted by molar-refractivity contribution is -0.114. The van der Waals surface area contributed by atoms with Crippen molar-refractivity contribution in [2.24, 2.45) is 0 Å². The van der Waals surface area contributed by atoms with Crippen molar-refractivity contribution in [3.05, 3.63) is 42.0 Å². The Kier molecular flexibility index (Phi) is 5.32. The number of ether oxygens (including phenoxy) is 1. The standard InChI is InChI=1S/C20H25N5O2S/c1-4-17(15-5-6-16-11-13(2)27-18(16)12-15)24-7-9-25(10-8-24)20-23-22-19(28-20)21-14(3)26/h4-6,12-13,17H,1,7-11H2,2-3H3,(H,21,22,26)/t13-,17?/m1/s1. The van der Waals surface area contributed by atoms with Crippen molar-refractivity contribution in [3.63, 3.8) is 0 Å². The quantitative estimate of drug-likeness (QED) is 0.780. The third kappa shape index (κ3) is 3.88. The number of piperazine rings is 1. The van der Waals surface area contributed by atoms with Crippen LogP contribution in [0.3, 0.4) is 0 Å². The molecule has 1 N–H and O–H groups in total. The van der Waals surface area contributed by atoms with Crippen LogP contribution in [0.15, 0.2) is 30.9 Å². The number of nitrogens with one attached hydrogen (secondary N) is 1. The second kappa shape index (κ2) is 7.89. The van der Waals surface area contributed by atoms with E-state index in [-0.39, 0.29) is 18.1 Å². The number of anilines is 2. The Labute approximate surface area is 169 Å². The van der Waals surface area contributed by atoms with Gasteiger partial charge in [-0.2, -0.15) is 0 Å². The first kappa shape index (κ1) is 18.9. The van der Waals surface area contributed by atoms with Gasteiger partial charge in [-0.15, -0.1) is 16.8 Å². The van der Waals surface area contributed by atoms with Crippen LogP contribution in [0.2, 0.25) is 0 Å². The molecule has 2 aliphatic heterocycles. The molecule has 28 heavy (non-hydrogen) atoms. The van der Waals surface area contributed by atoms with Crippen molar-refractivity contribution < 1.29 is 9.53 Å². The van der Waals surface area contributed by atoms with Crippen LogP contribution in [-0.2, 0) is 11.2 Å². The Balaban J connectivity index is 1.41. The molecule has 2 aliphatic rings. The maximum Gasteiger partial charge on any atom is 0.223 e. The van der Waals surface area contributed by atoms with Crippen LogP contribution < -0.4 is 15.0 Å². The van der Waals surface area contributed by atoms with E-state index in [2.05, 4.69) is 57.0 Å². The van der Waals surface area contributed by atoms with Crippen LogP contribution >= 0.6 is 11.3 Å². The minimum absolute atomic E-state index is 0.130. The Bertz CT molecular complexity index is 875. The van der Waals surface area contributed by atoms with E-state index < -0.39 is 0 Å². The van der Waals surface area contributed by atoms with Crippen molar-refractivity contribution in [3.8, 4) is 5.75 Å². The highest BCUT2D eigenvalue weighted by molar-refractivity contribution is 7.19. The highest BCUT2D eigenvalue weighted by Gasteiger charge is 2.27. The van der Waals surface area contributed by atoms with Gasteiger partial charge in [0.2, 0.25) is 16.2 Å². The van der Waals surface area contributed by atoms with Crippen molar-refractivity contribution in [2.75, 3.05) is 36.4 Å². The summed E-state index contributed by atoms with van der Waals surface area (Å²) in [7, 11) is 0. The number of carbonyl (C=O) groups excluding carboxylic acids is 1. The summed E-state index contributed by atoms with van der Waals surface area (Å²) in [6.45, 7) is 11.2. The van der Waals surface area contributed by atoms with E-state index in [4.69, 9.17) is 4.74 Å². The summed E-state index contributed by atoms with van der Waals surface area (Å²) in [6, 6.07) is 6.72. The smallest absolute Gasteiger partial charge is 0.223 e. The fourth-order valence-electron chi connectivity index (χ4n) is 3.83. The van der Waals surface area contributed by atoms with Gasteiger partial charge in [0.15, 0.2) is 0 Å². The number of nitrogens with zero attached hydrogens (tertiary/aromatic N) is 4. The zero-order chi connectivity index (χ0) is 19.7. The fourth-order valence-corrected chi connectivity index (χ4v) is 4.68. The lowest BCUT2D eigenvalue weighted by atomic mass is 10.0. The van der Waals surface area contributed by atoms with Gasteiger partial charge in [0.1, 0.15) is 11.9 Å². The zero-order valence-corrected chi connectivity index (χ0v) is 17.0. The first-order valence-corrected chi connectivity index (χ1v) is 10.4. The molecule has 2 aromatic rings. The SMILES string of the molecule is C=CC(c1ccc2c(c1)O[C@H](C)C2)N1CCN(c2nnc(NC(C)=O)s2)CC1. The number of rotatable bonds is 5. The average molecular weight is 400 g/mol. The second-order valence-electron chi connectivity index (χ2n) is 7.27. The predicted octanol–water partition coefficient (Wildman–Crippen LogP) is 2.87. The molecule has 0 saturated carbocycles. The van der Waals surface area contributed by atoms with Gasteiger partial charge in [0.05, 0.1) is 6.04 Å². The van der Waals surface area contributed by atoms with E-state index in [1.807, 2.05) is 6.08 Å². The molecule has 0 bridgehead atoms. The molecular formula is C20H25N5O2S. The van der Waals surface area contributed by atoms with Crippen LogP contribution in [0, 0.1) is 0 Å². The third-order valence-corrected chi connectivity index (χ3v) is 6.07. The molecule has 1 amide bonds. The number of aromatic nitrogens is 2. The fraction of sp³-hybridized carbons (Fsp3) is 0.450. The number of fused-ring (bicyclic) bond motifs is 1. The van der Waals surface area contributed by atoms with E-state index in [0.29, 0.717) is 5.13 Å². The number of benzene rings is 1. The molecule has 148 valence electrons. The minimum atomic E-state index is -0.130. The molecule has 0 spiro atoms. The van der Waals surface area contributed by atoms with Gasteiger partial charge in [0.25, 0.3) is 0 Å². The first-order valence-electron chi connectivity index (χ1n) is 9.55. The maximum absolute atomic E-state index is 11.2. The molecule has 4 rings (SSSR count). The summed E-state index contributed by atoms with van der Waals surface area (Å²) >= 11 is 1.41. The minimum Gasteiger partial charge on any atom is -0.490 e. The van der Waals surface area contributed by atoms with E-state index in [1.165, 1.54) is 29.4 Å². The Morgan fingerprint density at radius 1 is 1.36 bits per heavy atom. The van der Waals surface area contributed by atoms with Crippen molar-refractivity contribution in [1.29, 1.82) is 0 Å². The average Bonchev–Trinajstić information content (AvgIpc) is 3.27. The molecule has 7 nitrogen and oxygen atoms in total. The number of amides is 1. The van der Waals surface area contributed by atoms with Crippen LogP contribution in [0.5, 0.6) is 5.75 Å². The summed E-state index contributed by atoms with van der Waals surface area (Å²) in [5, 5.41) is 12.3. The van der Waals surface area contributed by atoms with Crippen molar-refractivity contribution in [1.82, 2.24) is 15.1 Å². The molecule has 3 heterocycles.